The Bertz CT molecular complexity index is 561. The third kappa shape index (κ3) is 3.40. The Labute approximate surface area is 131 Å². The number of hydrogen-bond donors (Lipinski definition) is 2. The number of methoxy groups -OCH3 is 1. The minimum atomic E-state index is -0.917. The molecular formula is C17H24N2O3. The second kappa shape index (κ2) is 6.81. The summed E-state index contributed by atoms with van der Waals surface area (Å²) in [5.41, 5.74) is 6.73. The molecule has 0 aliphatic heterocycles. The first kappa shape index (κ1) is 16.3. The van der Waals surface area contributed by atoms with Crippen molar-refractivity contribution >= 4 is 17.6 Å². The number of hydrogen-bond acceptors (Lipinski definition) is 4. The van der Waals surface area contributed by atoms with Crippen LogP contribution in [-0.2, 0) is 9.53 Å². The van der Waals surface area contributed by atoms with Crippen molar-refractivity contribution in [1.29, 1.82) is 0 Å². The minimum absolute atomic E-state index is 0.267. The van der Waals surface area contributed by atoms with Gasteiger partial charge in [0.15, 0.2) is 0 Å². The van der Waals surface area contributed by atoms with Crippen molar-refractivity contribution in [3.63, 3.8) is 0 Å². The Kier molecular flexibility index (Phi) is 5.06. The van der Waals surface area contributed by atoms with Gasteiger partial charge in [-0.05, 0) is 37.5 Å². The van der Waals surface area contributed by atoms with Crippen LogP contribution in [0.5, 0.6) is 0 Å². The van der Waals surface area contributed by atoms with E-state index in [1.54, 1.807) is 12.1 Å². The lowest BCUT2D eigenvalue weighted by atomic mass is 9.89. The summed E-state index contributed by atoms with van der Waals surface area (Å²) in [5.74, 6) is -0.624. The van der Waals surface area contributed by atoms with Gasteiger partial charge in [-0.1, -0.05) is 31.7 Å². The lowest BCUT2D eigenvalue weighted by Gasteiger charge is -2.31. The minimum Gasteiger partial charge on any atom is -0.467 e. The SMILES string of the molecule is COC(=O)C1(NC(=O)c2cc(N)ccc2C)CCCCCC1. The molecule has 1 aliphatic rings. The summed E-state index contributed by atoms with van der Waals surface area (Å²) in [4.78, 5) is 24.9. The molecule has 5 nitrogen and oxygen atoms in total. The number of nitrogen functional groups attached to an aromatic ring is 1. The second-order valence-corrected chi connectivity index (χ2v) is 6.02. The summed E-state index contributed by atoms with van der Waals surface area (Å²) in [7, 11) is 1.37. The Morgan fingerprint density at radius 2 is 1.82 bits per heavy atom. The average molecular weight is 304 g/mol. The highest BCUT2D eigenvalue weighted by Crippen LogP contribution is 2.29. The number of anilines is 1. The van der Waals surface area contributed by atoms with E-state index in [0.29, 0.717) is 24.1 Å². The summed E-state index contributed by atoms with van der Waals surface area (Å²) < 4.78 is 4.96. The molecule has 1 aliphatic carbocycles. The number of nitrogens with one attached hydrogen (secondary N) is 1. The number of nitrogens with two attached hydrogens (primary N) is 1. The highest BCUT2D eigenvalue weighted by atomic mass is 16.5. The molecule has 1 aromatic carbocycles. The molecule has 1 saturated carbocycles. The van der Waals surface area contributed by atoms with Gasteiger partial charge in [0.05, 0.1) is 7.11 Å². The number of carbonyl (C=O) groups is 2. The van der Waals surface area contributed by atoms with Gasteiger partial charge in [0.25, 0.3) is 5.91 Å². The van der Waals surface area contributed by atoms with E-state index in [1.807, 2.05) is 13.0 Å². The quantitative estimate of drug-likeness (QED) is 0.511. The summed E-state index contributed by atoms with van der Waals surface area (Å²) >= 11 is 0. The van der Waals surface area contributed by atoms with E-state index in [1.165, 1.54) is 7.11 Å². The molecule has 1 fully saturated rings. The lowest BCUT2D eigenvalue weighted by Crippen LogP contribution is -2.54. The van der Waals surface area contributed by atoms with Crippen molar-refractivity contribution in [3.8, 4) is 0 Å². The molecule has 0 aromatic heterocycles. The number of benzene rings is 1. The molecule has 0 atom stereocenters. The van der Waals surface area contributed by atoms with E-state index < -0.39 is 5.54 Å². The fourth-order valence-corrected chi connectivity index (χ4v) is 3.08. The molecule has 22 heavy (non-hydrogen) atoms. The summed E-state index contributed by atoms with van der Waals surface area (Å²) in [5, 5.41) is 2.94. The van der Waals surface area contributed by atoms with E-state index in [2.05, 4.69) is 5.32 Å². The van der Waals surface area contributed by atoms with E-state index in [0.717, 1.165) is 31.2 Å². The van der Waals surface area contributed by atoms with Gasteiger partial charge in [-0.2, -0.15) is 0 Å². The van der Waals surface area contributed by atoms with Gasteiger partial charge in [-0.3, -0.25) is 4.79 Å². The second-order valence-electron chi connectivity index (χ2n) is 6.02. The van der Waals surface area contributed by atoms with Crippen LogP contribution in [0.15, 0.2) is 18.2 Å². The molecular weight excluding hydrogens is 280 g/mol. The van der Waals surface area contributed by atoms with Crippen LogP contribution in [0.2, 0.25) is 0 Å². The van der Waals surface area contributed by atoms with E-state index >= 15 is 0 Å². The lowest BCUT2D eigenvalue weighted by molar-refractivity contribution is -0.148. The number of aryl methyl sites for hydroxylation is 1. The number of rotatable bonds is 3. The van der Waals surface area contributed by atoms with Crippen LogP contribution in [0.4, 0.5) is 5.69 Å². The van der Waals surface area contributed by atoms with Gasteiger partial charge in [0.1, 0.15) is 5.54 Å². The highest BCUT2D eigenvalue weighted by Gasteiger charge is 2.41. The molecule has 1 amide bonds. The average Bonchev–Trinajstić information content (AvgIpc) is 2.75. The molecule has 3 N–H and O–H groups in total. The largest absolute Gasteiger partial charge is 0.467 e. The third-order valence-corrected chi connectivity index (χ3v) is 4.39. The van der Waals surface area contributed by atoms with Gasteiger partial charge in [-0.15, -0.1) is 0 Å². The van der Waals surface area contributed by atoms with Crippen LogP contribution in [0.3, 0.4) is 0 Å². The molecule has 1 aromatic rings. The van der Waals surface area contributed by atoms with Crippen LogP contribution < -0.4 is 11.1 Å². The molecule has 0 radical (unpaired) electrons. The maximum absolute atomic E-state index is 12.6. The molecule has 0 heterocycles. The predicted octanol–water partition coefficient (Wildman–Crippen LogP) is 2.57. The topological polar surface area (TPSA) is 81.4 Å². The number of amides is 1. The zero-order valence-electron chi connectivity index (χ0n) is 13.3. The summed E-state index contributed by atoms with van der Waals surface area (Å²) in [6, 6.07) is 5.21. The molecule has 0 saturated heterocycles. The molecule has 0 spiro atoms. The summed E-state index contributed by atoms with van der Waals surface area (Å²) in [6.45, 7) is 1.85. The smallest absolute Gasteiger partial charge is 0.331 e. The Morgan fingerprint density at radius 3 is 2.41 bits per heavy atom. The molecule has 2 rings (SSSR count). The fourth-order valence-electron chi connectivity index (χ4n) is 3.08. The first-order valence-electron chi connectivity index (χ1n) is 7.75. The first-order chi connectivity index (χ1) is 10.5. The normalized spacial score (nSPS) is 17.4. The zero-order valence-corrected chi connectivity index (χ0v) is 13.3. The number of carbonyl (C=O) groups excluding carboxylic acids is 2. The van der Waals surface area contributed by atoms with E-state index in [4.69, 9.17) is 10.5 Å². The predicted molar refractivity (Wildman–Crippen MR) is 85.5 cm³/mol. The van der Waals surface area contributed by atoms with Gasteiger partial charge in [0.2, 0.25) is 0 Å². The van der Waals surface area contributed by atoms with Crippen LogP contribution in [-0.4, -0.2) is 24.5 Å². The van der Waals surface area contributed by atoms with Crippen molar-refractivity contribution in [1.82, 2.24) is 5.32 Å². The standard InChI is InChI=1S/C17H24N2O3/c1-12-7-8-13(18)11-14(12)15(20)19-17(16(21)22-2)9-5-3-4-6-10-17/h7-8,11H,3-6,9-10,18H2,1-2H3,(H,19,20). The van der Waals surface area contributed by atoms with Gasteiger partial charge >= 0.3 is 5.97 Å². The van der Waals surface area contributed by atoms with E-state index in [9.17, 15) is 9.59 Å². The van der Waals surface area contributed by atoms with Crippen LogP contribution >= 0.6 is 0 Å². The zero-order chi connectivity index (χ0) is 16.2. The van der Waals surface area contributed by atoms with Gasteiger partial charge < -0.3 is 15.8 Å². The van der Waals surface area contributed by atoms with Crippen molar-refractivity contribution in [2.24, 2.45) is 0 Å². The molecule has 120 valence electrons. The van der Waals surface area contributed by atoms with Crippen LogP contribution in [0.25, 0.3) is 0 Å². The van der Waals surface area contributed by atoms with Gasteiger partial charge in [-0.25, -0.2) is 4.79 Å². The van der Waals surface area contributed by atoms with Gasteiger partial charge in [0, 0.05) is 11.3 Å². The molecule has 0 bridgehead atoms. The Morgan fingerprint density at radius 1 is 1.18 bits per heavy atom. The maximum Gasteiger partial charge on any atom is 0.331 e. The van der Waals surface area contributed by atoms with Crippen LogP contribution in [0.1, 0.15) is 54.4 Å². The van der Waals surface area contributed by atoms with E-state index in [-0.39, 0.29) is 11.9 Å². The monoisotopic (exact) mass is 304 g/mol. The van der Waals surface area contributed by atoms with Crippen molar-refractivity contribution in [3.05, 3.63) is 29.3 Å². The van der Waals surface area contributed by atoms with Crippen molar-refractivity contribution in [2.75, 3.05) is 12.8 Å². The van der Waals surface area contributed by atoms with Crippen molar-refractivity contribution < 1.29 is 14.3 Å². The fraction of sp³-hybridized carbons (Fsp3) is 0.529. The first-order valence-corrected chi connectivity index (χ1v) is 7.75. The molecule has 5 heteroatoms. The summed E-state index contributed by atoms with van der Waals surface area (Å²) in [6.07, 6.45) is 5.20. The number of esters is 1. The Balaban J connectivity index is 2.28. The Hall–Kier alpha value is -2.04. The maximum atomic E-state index is 12.6. The van der Waals surface area contributed by atoms with Crippen molar-refractivity contribution in [2.45, 2.75) is 51.0 Å². The third-order valence-electron chi connectivity index (χ3n) is 4.39. The van der Waals surface area contributed by atoms with Crippen LogP contribution in [0, 0.1) is 6.92 Å². The highest BCUT2D eigenvalue weighted by molar-refractivity contribution is 5.99. The molecule has 0 unspecified atom stereocenters. The number of ether oxygens (including phenoxy) is 1.